The van der Waals surface area contributed by atoms with Gasteiger partial charge in [0, 0.05) is 49.2 Å². The quantitative estimate of drug-likeness (QED) is 0.0252. The van der Waals surface area contributed by atoms with Crippen molar-refractivity contribution in [2.24, 2.45) is 17.4 Å². The van der Waals surface area contributed by atoms with Crippen LogP contribution in [0, 0.1) is 5.92 Å². The van der Waals surface area contributed by atoms with Gasteiger partial charge in [0.25, 0.3) is 0 Å². The highest BCUT2D eigenvalue weighted by Gasteiger charge is 2.34. The van der Waals surface area contributed by atoms with Crippen LogP contribution in [0.2, 0.25) is 0 Å². The van der Waals surface area contributed by atoms with Crippen molar-refractivity contribution in [3.8, 4) is 11.5 Å². The number of nitrogens with one attached hydrogen (secondary N) is 10. The topological polar surface area (TPSA) is 425 Å². The number of hydrogen-bond acceptors (Lipinski definition) is 14. The molecule has 17 N–H and O–H groups in total. The number of aliphatic carboxylic acids is 1. The number of H-pyrrole nitrogens is 1. The molecule has 1 heterocycles. The lowest BCUT2D eigenvalue weighted by molar-refractivity contribution is -0.142. The van der Waals surface area contributed by atoms with Crippen molar-refractivity contribution in [1.82, 2.24) is 52.8 Å². The van der Waals surface area contributed by atoms with Crippen LogP contribution in [-0.2, 0) is 78.4 Å². The number of phenols is 2. The largest absolute Gasteiger partial charge is 0.508 e. The Hall–Kier alpha value is -9.85. The number of nitrogens with two attached hydrogens (primary N) is 2. The van der Waals surface area contributed by atoms with Gasteiger partial charge < -0.3 is 79.6 Å². The van der Waals surface area contributed by atoms with Crippen molar-refractivity contribution in [2.75, 3.05) is 13.1 Å². The third kappa shape index (κ3) is 21.4. The first-order valence-electron chi connectivity index (χ1n) is 27.4. The highest BCUT2D eigenvalue weighted by atomic mass is 16.4. The van der Waals surface area contributed by atoms with E-state index in [0.29, 0.717) is 22.3 Å². The number of carboxylic acid groups (broad SMARTS) is 1. The fraction of sp³-hybridized carbons (Fsp3) is 0.373. The number of amides is 10. The van der Waals surface area contributed by atoms with Gasteiger partial charge in [0.05, 0.1) is 13.1 Å². The van der Waals surface area contributed by atoms with E-state index in [4.69, 9.17) is 11.5 Å². The zero-order valence-electron chi connectivity index (χ0n) is 47.4. The van der Waals surface area contributed by atoms with Crippen molar-refractivity contribution in [2.45, 2.75) is 121 Å². The van der Waals surface area contributed by atoms with Crippen LogP contribution in [0.25, 0.3) is 10.9 Å². The molecule has 0 radical (unpaired) electrons. The Kier molecular flexibility index (Phi) is 24.9. The molecule has 10 amide bonds. The van der Waals surface area contributed by atoms with E-state index in [0.717, 1.165) is 10.9 Å². The van der Waals surface area contributed by atoms with Gasteiger partial charge in [-0.15, -0.1) is 0 Å². The number of aromatic hydroxyl groups is 2. The van der Waals surface area contributed by atoms with E-state index >= 15 is 0 Å². The Morgan fingerprint density at radius 3 is 1.49 bits per heavy atom. The Morgan fingerprint density at radius 1 is 0.482 bits per heavy atom. The minimum Gasteiger partial charge on any atom is -0.508 e. The normalized spacial score (nSPS) is 13.9. The smallest absolute Gasteiger partial charge is 0.326 e. The Morgan fingerprint density at radius 2 is 0.941 bits per heavy atom. The maximum Gasteiger partial charge on any atom is 0.326 e. The first kappa shape index (κ1) is 66.0. The average Bonchev–Trinajstić information content (AvgIpc) is 3.63. The van der Waals surface area contributed by atoms with Gasteiger partial charge >= 0.3 is 5.97 Å². The van der Waals surface area contributed by atoms with Crippen LogP contribution >= 0.6 is 0 Å². The van der Waals surface area contributed by atoms with Crippen molar-refractivity contribution in [3.63, 3.8) is 0 Å². The molecule has 0 aliphatic rings. The van der Waals surface area contributed by atoms with E-state index in [1.165, 1.54) is 62.4 Å². The summed E-state index contributed by atoms with van der Waals surface area (Å²) >= 11 is 0. The number of fused-ring (bicyclic) bond motifs is 1. The van der Waals surface area contributed by atoms with Crippen LogP contribution in [0.15, 0.2) is 109 Å². The molecule has 0 aliphatic heterocycles. The molecule has 5 rings (SSSR count). The highest BCUT2D eigenvalue weighted by molar-refractivity contribution is 5.98. The number of benzene rings is 4. The molecule has 0 unspecified atom stereocenters. The van der Waals surface area contributed by atoms with Crippen molar-refractivity contribution < 1.29 is 68.1 Å². The van der Waals surface area contributed by atoms with Gasteiger partial charge in [0.15, 0.2) is 0 Å². The standard InChI is InChI=1S/C59H74N12O14/c1-32(2)24-44(67-52(77)33(3)64-51(76)31-63-54(79)45(26-36-14-18-39(72)19-15-36)68-55(80)43(22-23-49(61)74)66-50(75)29-60)57(82)70-47(28-38-30-62-42-13-9-8-12-41(38)42)58(83)69-46(25-35-10-6-5-7-11-35)56(81)65-34(4)53(78)71-48(59(84)85)27-37-16-20-40(73)21-17-37/h5-21,30,32-34,43-48,62,72-73H,22-29,31,60H2,1-4H3,(H2,61,74)(H,63,79)(H,64,76)(H,65,81)(H,66,75)(H,67,77)(H,68,80)(H,69,83)(H,70,82)(H,71,78)(H,84,85)/t33-,34-,43-,44-,45-,46-,47-,48-/m0/s1. The summed E-state index contributed by atoms with van der Waals surface area (Å²) in [6.07, 6.45) is 0.660. The third-order valence-electron chi connectivity index (χ3n) is 13.5. The van der Waals surface area contributed by atoms with Gasteiger partial charge in [-0.2, -0.15) is 0 Å². The van der Waals surface area contributed by atoms with Gasteiger partial charge in [-0.1, -0.05) is 86.6 Å². The van der Waals surface area contributed by atoms with Crippen molar-refractivity contribution in [3.05, 3.63) is 132 Å². The molecule has 454 valence electrons. The van der Waals surface area contributed by atoms with Gasteiger partial charge in [0.2, 0.25) is 59.1 Å². The van der Waals surface area contributed by atoms with Crippen LogP contribution in [0.1, 0.15) is 69.2 Å². The van der Waals surface area contributed by atoms with E-state index < -0.39 is 126 Å². The third-order valence-corrected chi connectivity index (χ3v) is 13.5. The molecule has 26 nitrogen and oxygen atoms in total. The summed E-state index contributed by atoms with van der Waals surface area (Å²) in [5.74, 6) is -9.89. The van der Waals surface area contributed by atoms with Crippen molar-refractivity contribution in [1.29, 1.82) is 0 Å². The number of hydrogen-bond donors (Lipinski definition) is 15. The summed E-state index contributed by atoms with van der Waals surface area (Å²) in [5.41, 5.74) is 13.6. The number of rotatable bonds is 32. The van der Waals surface area contributed by atoms with Crippen LogP contribution in [0.3, 0.4) is 0 Å². The average molecular weight is 1180 g/mol. The second-order valence-corrected chi connectivity index (χ2v) is 20.8. The lowest BCUT2D eigenvalue weighted by Gasteiger charge is -2.27. The number of para-hydroxylation sites is 1. The molecule has 26 heteroatoms. The van der Waals surface area contributed by atoms with E-state index in [2.05, 4.69) is 52.8 Å². The van der Waals surface area contributed by atoms with Crippen LogP contribution < -0.4 is 59.3 Å². The molecule has 0 aliphatic carbocycles. The number of carboxylic acids is 1. The van der Waals surface area contributed by atoms with E-state index in [-0.39, 0.29) is 62.4 Å². The summed E-state index contributed by atoms with van der Waals surface area (Å²) in [6, 6.07) is 16.5. The Bertz CT molecular complexity index is 3160. The van der Waals surface area contributed by atoms with Gasteiger partial charge in [0.1, 0.15) is 59.8 Å². The first-order chi connectivity index (χ1) is 40.4. The lowest BCUT2D eigenvalue weighted by Crippen LogP contribution is -2.60. The first-order valence-corrected chi connectivity index (χ1v) is 27.4. The fourth-order valence-electron chi connectivity index (χ4n) is 8.88. The van der Waals surface area contributed by atoms with Crippen LogP contribution in [-0.4, -0.2) is 147 Å². The predicted octanol–water partition coefficient (Wildman–Crippen LogP) is -0.761. The maximum atomic E-state index is 14.7. The SMILES string of the molecule is CC(C)C[C@H](NC(=O)[C@H](C)NC(=O)CNC(=O)[C@H](Cc1ccc(O)cc1)NC(=O)[C@H](CCC(N)=O)NC(=O)CN)C(=O)N[C@@H](Cc1c[nH]c2ccccc12)C(=O)N[C@@H](Cc1ccccc1)C(=O)N[C@@H](C)C(=O)N[C@@H](Cc1ccc(O)cc1)C(=O)O. The zero-order valence-corrected chi connectivity index (χ0v) is 47.4. The summed E-state index contributed by atoms with van der Waals surface area (Å²) in [5, 5.41) is 53.1. The summed E-state index contributed by atoms with van der Waals surface area (Å²) in [6.45, 7) is 5.05. The molecule has 0 fully saturated rings. The number of primary amides is 1. The maximum absolute atomic E-state index is 14.7. The monoisotopic (exact) mass is 1170 g/mol. The molecule has 5 aromatic rings. The van der Waals surface area contributed by atoms with Gasteiger partial charge in [-0.05, 0) is 85.2 Å². The number of aromatic amines is 1. The predicted molar refractivity (Wildman–Crippen MR) is 310 cm³/mol. The Balaban J connectivity index is 1.30. The number of carbonyl (C=O) groups excluding carboxylic acids is 10. The fourth-order valence-corrected chi connectivity index (χ4v) is 8.88. The lowest BCUT2D eigenvalue weighted by atomic mass is 9.99. The van der Waals surface area contributed by atoms with Crippen LogP contribution in [0.5, 0.6) is 11.5 Å². The minimum atomic E-state index is -1.41. The molecule has 0 saturated carbocycles. The van der Waals surface area contributed by atoms with E-state index in [1.54, 1.807) is 62.5 Å². The number of aromatic nitrogens is 1. The van der Waals surface area contributed by atoms with Crippen LogP contribution in [0.4, 0.5) is 0 Å². The molecular formula is C59H74N12O14. The van der Waals surface area contributed by atoms with Crippen molar-refractivity contribution >= 4 is 75.9 Å². The molecule has 0 bridgehead atoms. The molecular weight excluding hydrogens is 1100 g/mol. The van der Waals surface area contributed by atoms with Gasteiger partial charge in [-0.3, -0.25) is 47.9 Å². The molecule has 0 spiro atoms. The Labute approximate surface area is 489 Å². The number of phenolic OH excluding ortho intramolecular Hbond substituents is 2. The molecule has 8 atom stereocenters. The number of carbonyl (C=O) groups is 11. The minimum absolute atomic E-state index is 0.0344. The zero-order chi connectivity index (χ0) is 62.3. The van der Waals surface area contributed by atoms with E-state index in [9.17, 15) is 68.1 Å². The second kappa shape index (κ2) is 32.1. The molecule has 4 aromatic carbocycles. The summed E-state index contributed by atoms with van der Waals surface area (Å²) < 4.78 is 0. The van der Waals surface area contributed by atoms with E-state index in [1.807, 2.05) is 12.1 Å². The summed E-state index contributed by atoms with van der Waals surface area (Å²) in [7, 11) is 0. The van der Waals surface area contributed by atoms with Gasteiger partial charge in [-0.25, -0.2) is 4.79 Å². The highest BCUT2D eigenvalue weighted by Crippen LogP contribution is 2.20. The molecule has 1 aromatic heterocycles. The molecule has 0 saturated heterocycles. The second-order valence-electron chi connectivity index (χ2n) is 20.8. The summed E-state index contributed by atoms with van der Waals surface area (Å²) in [4.78, 5) is 150. The molecule has 85 heavy (non-hydrogen) atoms.